The van der Waals surface area contributed by atoms with E-state index in [1.807, 2.05) is 30.7 Å². The monoisotopic (exact) mass is 384 g/mol. The second kappa shape index (κ2) is 5.70. The number of aromatic amines is 1. The van der Waals surface area contributed by atoms with Gasteiger partial charge in [-0.15, -0.1) is 22.7 Å². The Labute approximate surface area is 162 Å². The van der Waals surface area contributed by atoms with Gasteiger partial charge in [0.1, 0.15) is 9.84 Å². The van der Waals surface area contributed by atoms with Gasteiger partial charge in [-0.2, -0.15) is 0 Å². The van der Waals surface area contributed by atoms with Crippen LogP contribution in [0.5, 0.6) is 0 Å². The summed E-state index contributed by atoms with van der Waals surface area (Å²) in [6.45, 7) is 0. The molecule has 1 aromatic carbocycles. The van der Waals surface area contributed by atoms with Crippen LogP contribution >= 0.6 is 22.7 Å². The number of nitrogens with zero attached hydrogens (tertiary/aromatic N) is 3. The number of benzene rings is 1. The molecule has 0 radical (unpaired) electrons. The van der Waals surface area contributed by atoms with Crippen LogP contribution in [0.25, 0.3) is 53.2 Å². The molecular formula is C21H12N4S2. The molecule has 0 saturated heterocycles. The van der Waals surface area contributed by atoms with Crippen LogP contribution in [0.4, 0.5) is 0 Å². The van der Waals surface area contributed by atoms with Crippen LogP contribution in [-0.4, -0.2) is 19.9 Å². The Morgan fingerprint density at radius 1 is 1.00 bits per heavy atom. The third kappa shape index (κ3) is 2.38. The SMILES string of the molecule is c1cnc2scc(-c3nc4ccc(-c5cc6[nH]ccc6cn5)cc4s3)c2c1. The molecule has 0 spiro atoms. The van der Waals surface area contributed by atoms with Gasteiger partial charge < -0.3 is 4.98 Å². The van der Waals surface area contributed by atoms with Crippen molar-refractivity contribution in [2.45, 2.75) is 0 Å². The normalized spacial score (nSPS) is 11.7. The van der Waals surface area contributed by atoms with E-state index in [-0.39, 0.29) is 0 Å². The molecule has 27 heavy (non-hydrogen) atoms. The van der Waals surface area contributed by atoms with Crippen LogP contribution in [0, 0.1) is 0 Å². The summed E-state index contributed by atoms with van der Waals surface area (Å²) < 4.78 is 1.17. The average molecular weight is 384 g/mol. The van der Waals surface area contributed by atoms with Crippen LogP contribution in [0.15, 0.2) is 66.4 Å². The smallest absolute Gasteiger partial charge is 0.126 e. The first-order chi connectivity index (χ1) is 13.3. The summed E-state index contributed by atoms with van der Waals surface area (Å²) >= 11 is 3.38. The minimum Gasteiger partial charge on any atom is -0.361 e. The first kappa shape index (κ1) is 15.0. The summed E-state index contributed by atoms with van der Waals surface area (Å²) in [5.74, 6) is 0. The number of aromatic nitrogens is 4. The predicted octanol–water partition coefficient (Wildman–Crippen LogP) is 6.12. The molecule has 0 fully saturated rings. The molecule has 0 aliphatic heterocycles. The highest BCUT2D eigenvalue weighted by molar-refractivity contribution is 7.22. The molecule has 5 heterocycles. The lowest BCUT2D eigenvalue weighted by molar-refractivity contribution is 1.35. The Kier molecular flexibility index (Phi) is 3.17. The first-order valence-electron chi connectivity index (χ1n) is 8.52. The average Bonchev–Trinajstić information content (AvgIpc) is 3.43. The second-order valence-electron chi connectivity index (χ2n) is 6.34. The predicted molar refractivity (Wildman–Crippen MR) is 113 cm³/mol. The molecule has 4 nitrogen and oxygen atoms in total. The molecule has 6 heteroatoms. The molecule has 128 valence electrons. The van der Waals surface area contributed by atoms with E-state index in [0.717, 1.165) is 43.1 Å². The topological polar surface area (TPSA) is 54.5 Å². The summed E-state index contributed by atoms with van der Waals surface area (Å²) in [4.78, 5) is 18.2. The highest BCUT2D eigenvalue weighted by atomic mass is 32.1. The Hall–Kier alpha value is -3.09. The summed E-state index contributed by atoms with van der Waals surface area (Å²) in [6.07, 6.45) is 5.68. The van der Waals surface area contributed by atoms with E-state index < -0.39 is 0 Å². The van der Waals surface area contributed by atoms with E-state index in [2.05, 4.69) is 50.7 Å². The van der Waals surface area contributed by atoms with E-state index in [1.54, 1.807) is 22.7 Å². The van der Waals surface area contributed by atoms with E-state index >= 15 is 0 Å². The van der Waals surface area contributed by atoms with Crippen LogP contribution in [-0.2, 0) is 0 Å². The molecule has 0 unspecified atom stereocenters. The number of hydrogen-bond acceptors (Lipinski definition) is 5. The van der Waals surface area contributed by atoms with Gasteiger partial charge in [0.25, 0.3) is 0 Å². The molecule has 0 aliphatic carbocycles. The molecule has 1 N–H and O–H groups in total. The van der Waals surface area contributed by atoms with Gasteiger partial charge in [-0.25, -0.2) is 9.97 Å². The van der Waals surface area contributed by atoms with Gasteiger partial charge in [-0.05, 0) is 36.4 Å². The number of pyridine rings is 2. The fourth-order valence-electron chi connectivity index (χ4n) is 3.34. The third-order valence-electron chi connectivity index (χ3n) is 4.70. The quantitative estimate of drug-likeness (QED) is 0.391. The number of nitrogens with one attached hydrogen (secondary N) is 1. The zero-order valence-electron chi connectivity index (χ0n) is 14.0. The molecule has 0 saturated carbocycles. The van der Waals surface area contributed by atoms with Crippen LogP contribution in [0.2, 0.25) is 0 Å². The lowest BCUT2D eigenvalue weighted by atomic mass is 10.1. The van der Waals surface area contributed by atoms with E-state index in [0.29, 0.717) is 0 Å². The van der Waals surface area contributed by atoms with Crippen molar-refractivity contribution >= 4 is 54.0 Å². The second-order valence-corrected chi connectivity index (χ2v) is 8.23. The Morgan fingerprint density at radius 2 is 2.00 bits per heavy atom. The fourth-order valence-corrected chi connectivity index (χ4v) is 5.34. The third-order valence-corrected chi connectivity index (χ3v) is 6.65. The number of fused-ring (bicyclic) bond motifs is 3. The van der Waals surface area contributed by atoms with Crippen molar-refractivity contribution in [2.24, 2.45) is 0 Å². The van der Waals surface area contributed by atoms with Crippen LogP contribution in [0.1, 0.15) is 0 Å². The van der Waals surface area contributed by atoms with Gasteiger partial charge in [0, 0.05) is 51.4 Å². The molecular weight excluding hydrogens is 372 g/mol. The van der Waals surface area contributed by atoms with Gasteiger partial charge in [0.15, 0.2) is 0 Å². The highest BCUT2D eigenvalue weighted by Gasteiger charge is 2.13. The van der Waals surface area contributed by atoms with Crippen molar-refractivity contribution in [3.8, 4) is 21.8 Å². The molecule has 6 rings (SSSR count). The first-order valence-corrected chi connectivity index (χ1v) is 10.2. The van der Waals surface area contributed by atoms with Gasteiger partial charge in [-0.3, -0.25) is 4.98 Å². The van der Waals surface area contributed by atoms with E-state index in [1.165, 1.54) is 10.1 Å². The Bertz CT molecular complexity index is 1440. The maximum Gasteiger partial charge on any atom is 0.126 e. The standard InChI is InChI=1S/C21H12N4S2/c1-2-14-15(11-26-20(14)23-6-1)21-25-16-4-3-12(8-19(16)27-21)17-9-18-13(10-24-17)5-7-22-18/h1-11,22H. The summed E-state index contributed by atoms with van der Waals surface area (Å²) in [5.41, 5.74) is 5.35. The maximum absolute atomic E-state index is 4.85. The van der Waals surface area contributed by atoms with E-state index in [9.17, 15) is 0 Å². The Morgan fingerprint density at radius 3 is 3.00 bits per heavy atom. The van der Waals surface area contributed by atoms with Crippen molar-refractivity contribution in [2.75, 3.05) is 0 Å². The number of hydrogen-bond donors (Lipinski definition) is 1. The zero-order chi connectivity index (χ0) is 17.8. The van der Waals surface area contributed by atoms with E-state index in [4.69, 9.17) is 4.98 Å². The highest BCUT2D eigenvalue weighted by Crippen LogP contribution is 2.38. The lowest BCUT2D eigenvalue weighted by Gasteiger charge is -2.01. The largest absolute Gasteiger partial charge is 0.361 e. The van der Waals surface area contributed by atoms with Crippen molar-refractivity contribution in [3.63, 3.8) is 0 Å². The molecule has 5 aromatic heterocycles. The number of thiophene rings is 1. The van der Waals surface area contributed by atoms with Crippen molar-refractivity contribution in [3.05, 3.63) is 66.4 Å². The summed E-state index contributed by atoms with van der Waals surface area (Å²) in [5, 5.41) is 5.48. The fraction of sp³-hybridized carbons (Fsp3) is 0. The number of thiazole rings is 1. The van der Waals surface area contributed by atoms with Crippen molar-refractivity contribution in [1.29, 1.82) is 0 Å². The minimum absolute atomic E-state index is 0.965. The van der Waals surface area contributed by atoms with Gasteiger partial charge in [0.05, 0.1) is 15.9 Å². The number of rotatable bonds is 2. The Balaban J connectivity index is 1.49. The zero-order valence-corrected chi connectivity index (χ0v) is 15.6. The molecule has 0 aliphatic rings. The number of H-pyrrole nitrogens is 1. The molecule has 0 amide bonds. The van der Waals surface area contributed by atoms with Gasteiger partial charge >= 0.3 is 0 Å². The molecule has 0 bridgehead atoms. The van der Waals surface area contributed by atoms with Crippen LogP contribution in [0.3, 0.4) is 0 Å². The lowest BCUT2D eigenvalue weighted by Crippen LogP contribution is -1.83. The van der Waals surface area contributed by atoms with Crippen molar-refractivity contribution < 1.29 is 0 Å². The van der Waals surface area contributed by atoms with Crippen LogP contribution < -0.4 is 0 Å². The van der Waals surface area contributed by atoms with Gasteiger partial charge in [0.2, 0.25) is 0 Å². The van der Waals surface area contributed by atoms with Gasteiger partial charge in [-0.1, -0.05) is 6.07 Å². The maximum atomic E-state index is 4.85. The molecule has 0 atom stereocenters. The summed E-state index contributed by atoms with van der Waals surface area (Å²) in [7, 11) is 0. The molecule has 6 aromatic rings. The summed E-state index contributed by atoms with van der Waals surface area (Å²) in [6, 6.07) is 14.6. The minimum atomic E-state index is 0.965. The van der Waals surface area contributed by atoms with Crippen molar-refractivity contribution in [1.82, 2.24) is 19.9 Å².